The Morgan fingerprint density at radius 3 is 2.43 bits per heavy atom. The predicted molar refractivity (Wildman–Crippen MR) is 53.2 cm³/mol. The summed E-state index contributed by atoms with van der Waals surface area (Å²) in [4.78, 5) is 4.10. The van der Waals surface area contributed by atoms with Crippen molar-refractivity contribution in [2.45, 2.75) is 6.54 Å². The van der Waals surface area contributed by atoms with E-state index in [0.29, 0.717) is 12.4 Å². The molecule has 0 unspecified atom stereocenters. The summed E-state index contributed by atoms with van der Waals surface area (Å²) in [7, 11) is 0. The fourth-order valence-corrected chi connectivity index (χ4v) is 1.17. The van der Waals surface area contributed by atoms with Crippen molar-refractivity contribution >= 4 is 0 Å². The first-order chi connectivity index (χ1) is 6.90. The number of rotatable bonds is 2. The largest absolute Gasteiger partial charge is 0.326 e. The highest BCUT2D eigenvalue weighted by molar-refractivity contribution is 5.54. The summed E-state index contributed by atoms with van der Waals surface area (Å²) >= 11 is 0. The van der Waals surface area contributed by atoms with Gasteiger partial charge in [0.15, 0.2) is 5.82 Å². The lowest BCUT2D eigenvalue weighted by atomic mass is 10.1. The van der Waals surface area contributed by atoms with Crippen LogP contribution >= 0.6 is 0 Å². The van der Waals surface area contributed by atoms with Gasteiger partial charge in [-0.25, -0.2) is 4.98 Å². The number of benzene rings is 1. The molecule has 0 atom stereocenters. The van der Waals surface area contributed by atoms with Crippen molar-refractivity contribution in [1.82, 2.24) is 15.2 Å². The summed E-state index contributed by atoms with van der Waals surface area (Å²) < 4.78 is 0. The van der Waals surface area contributed by atoms with Crippen LogP contribution in [0.15, 0.2) is 36.7 Å². The van der Waals surface area contributed by atoms with E-state index in [4.69, 9.17) is 5.73 Å². The lowest BCUT2D eigenvalue weighted by Gasteiger charge is -1.99. The molecule has 0 aliphatic heterocycles. The maximum absolute atomic E-state index is 5.49. The molecule has 0 fully saturated rings. The molecule has 0 spiro atoms. The fourth-order valence-electron chi connectivity index (χ4n) is 1.17. The predicted octanol–water partition coefficient (Wildman–Crippen LogP) is 0.997. The summed E-state index contributed by atoms with van der Waals surface area (Å²) in [5.74, 6) is 0.635. The third-order valence-electron chi connectivity index (χ3n) is 1.93. The van der Waals surface area contributed by atoms with Crippen LogP contribution in [0, 0.1) is 0 Å². The molecule has 14 heavy (non-hydrogen) atoms. The molecule has 4 heteroatoms. The first kappa shape index (κ1) is 8.77. The van der Waals surface area contributed by atoms with Crippen LogP contribution in [-0.4, -0.2) is 15.2 Å². The topological polar surface area (TPSA) is 64.7 Å². The zero-order valence-corrected chi connectivity index (χ0v) is 7.59. The van der Waals surface area contributed by atoms with Gasteiger partial charge in [0, 0.05) is 18.3 Å². The number of hydrogen-bond acceptors (Lipinski definition) is 4. The molecule has 0 aliphatic carbocycles. The van der Waals surface area contributed by atoms with Crippen molar-refractivity contribution in [2.75, 3.05) is 0 Å². The van der Waals surface area contributed by atoms with E-state index in [-0.39, 0.29) is 0 Å². The van der Waals surface area contributed by atoms with Crippen LogP contribution in [0.2, 0.25) is 0 Å². The Morgan fingerprint density at radius 1 is 1.07 bits per heavy atom. The second-order valence-electron chi connectivity index (χ2n) is 2.87. The highest BCUT2D eigenvalue weighted by Gasteiger charge is 1.99. The molecule has 0 radical (unpaired) electrons. The zero-order valence-electron chi connectivity index (χ0n) is 7.59. The van der Waals surface area contributed by atoms with Gasteiger partial charge in [0.2, 0.25) is 0 Å². The molecule has 0 amide bonds. The first-order valence-electron chi connectivity index (χ1n) is 4.33. The number of aromatic nitrogens is 3. The minimum Gasteiger partial charge on any atom is -0.326 e. The van der Waals surface area contributed by atoms with Gasteiger partial charge in [-0.3, -0.25) is 0 Å². The number of nitrogens with zero attached hydrogens (tertiary/aromatic N) is 3. The molecule has 0 saturated carbocycles. The van der Waals surface area contributed by atoms with Crippen molar-refractivity contribution in [3.63, 3.8) is 0 Å². The smallest absolute Gasteiger partial charge is 0.181 e. The highest BCUT2D eigenvalue weighted by Crippen LogP contribution is 2.13. The van der Waals surface area contributed by atoms with Gasteiger partial charge in [-0.1, -0.05) is 24.3 Å². The van der Waals surface area contributed by atoms with E-state index in [1.54, 1.807) is 12.4 Å². The maximum atomic E-state index is 5.49. The SMILES string of the molecule is NCc1ccc(-c2nccnn2)cc1. The highest BCUT2D eigenvalue weighted by atomic mass is 15.1. The molecule has 1 heterocycles. The molecule has 0 aliphatic rings. The lowest BCUT2D eigenvalue weighted by Crippen LogP contribution is -1.96. The average Bonchev–Trinajstić information content (AvgIpc) is 2.30. The van der Waals surface area contributed by atoms with Gasteiger partial charge in [-0.15, -0.1) is 5.10 Å². The van der Waals surface area contributed by atoms with Crippen LogP contribution in [0.3, 0.4) is 0 Å². The third kappa shape index (κ3) is 1.75. The van der Waals surface area contributed by atoms with E-state index < -0.39 is 0 Å². The van der Waals surface area contributed by atoms with E-state index in [0.717, 1.165) is 11.1 Å². The fraction of sp³-hybridized carbons (Fsp3) is 0.100. The van der Waals surface area contributed by atoms with Crippen LogP contribution in [0.25, 0.3) is 11.4 Å². The second-order valence-corrected chi connectivity index (χ2v) is 2.87. The standard InChI is InChI=1S/C10H10N4/c11-7-8-1-3-9(4-2-8)10-12-5-6-13-14-10/h1-6H,7,11H2. The van der Waals surface area contributed by atoms with Crippen molar-refractivity contribution in [1.29, 1.82) is 0 Å². The molecule has 2 aromatic rings. The van der Waals surface area contributed by atoms with Crippen molar-refractivity contribution < 1.29 is 0 Å². The minimum absolute atomic E-state index is 0.550. The summed E-state index contributed by atoms with van der Waals surface area (Å²) in [6.07, 6.45) is 3.18. The zero-order chi connectivity index (χ0) is 9.80. The number of hydrogen-bond donors (Lipinski definition) is 1. The van der Waals surface area contributed by atoms with E-state index in [9.17, 15) is 0 Å². The first-order valence-corrected chi connectivity index (χ1v) is 4.33. The third-order valence-corrected chi connectivity index (χ3v) is 1.93. The Morgan fingerprint density at radius 2 is 1.86 bits per heavy atom. The molecule has 0 bridgehead atoms. The normalized spacial score (nSPS) is 10.1. The molecule has 2 N–H and O–H groups in total. The van der Waals surface area contributed by atoms with Gasteiger partial charge in [0.05, 0.1) is 6.20 Å². The maximum Gasteiger partial charge on any atom is 0.181 e. The summed E-state index contributed by atoms with van der Waals surface area (Å²) in [6.45, 7) is 0.550. The molecule has 2 rings (SSSR count). The van der Waals surface area contributed by atoms with E-state index in [1.165, 1.54) is 0 Å². The van der Waals surface area contributed by atoms with Crippen LogP contribution in [0.5, 0.6) is 0 Å². The molecule has 70 valence electrons. The van der Waals surface area contributed by atoms with Gasteiger partial charge in [-0.2, -0.15) is 5.10 Å². The van der Waals surface area contributed by atoms with Crippen LogP contribution < -0.4 is 5.73 Å². The monoisotopic (exact) mass is 186 g/mol. The number of nitrogens with two attached hydrogens (primary N) is 1. The summed E-state index contributed by atoms with van der Waals surface area (Å²) in [5, 5.41) is 7.68. The molecule has 4 nitrogen and oxygen atoms in total. The molecule has 1 aromatic carbocycles. The van der Waals surface area contributed by atoms with E-state index >= 15 is 0 Å². The second kappa shape index (κ2) is 3.93. The minimum atomic E-state index is 0.550. The van der Waals surface area contributed by atoms with Gasteiger partial charge in [0.1, 0.15) is 0 Å². The molecular formula is C10H10N4. The van der Waals surface area contributed by atoms with Crippen molar-refractivity contribution in [2.24, 2.45) is 5.73 Å². The van der Waals surface area contributed by atoms with Gasteiger partial charge in [0.25, 0.3) is 0 Å². The van der Waals surface area contributed by atoms with Gasteiger partial charge in [-0.05, 0) is 5.56 Å². The van der Waals surface area contributed by atoms with Crippen LogP contribution in [0.4, 0.5) is 0 Å². The lowest BCUT2D eigenvalue weighted by molar-refractivity contribution is 0.979. The van der Waals surface area contributed by atoms with E-state index in [2.05, 4.69) is 15.2 Å². The van der Waals surface area contributed by atoms with Gasteiger partial charge >= 0.3 is 0 Å². The summed E-state index contributed by atoms with van der Waals surface area (Å²) in [5.41, 5.74) is 7.54. The Bertz CT molecular complexity index is 396. The quantitative estimate of drug-likeness (QED) is 0.759. The molecular weight excluding hydrogens is 176 g/mol. The Hall–Kier alpha value is -1.81. The van der Waals surface area contributed by atoms with Crippen molar-refractivity contribution in [3.05, 3.63) is 42.2 Å². The Labute approximate surface area is 81.8 Å². The molecule has 1 aromatic heterocycles. The van der Waals surface area contributed by atoms with E-state index in [1.807, 2.05) is 24.3 Å². The molecule has 0 saturated heterocycles. The Kier molecular flexibility index (Phi) is 2.46. The van der Waals surface area contributed by atoms with Crippen LogP contribution in [-0.2, 0) is 6.54 Å². The average molecular weight is 186 g/mol. The van der Waals surface area contributed by atoms with Crippen LogP contribution in [0.1, 0.15) is 5.56 Å². The summed E-state index contributed by atoms with van der Waals surface area (Å²) in [6, 6.07) is 7.82. The van der Waals surface area contributed by atoms with Crippen molar-refractivity contribution in [3.8, 4) is 11.4 Å². The Balaban J connectivity index is 2.34. The van der Waals surface area contributed by atoms with Gasteiger partial charge < -0.3 is 5.73 Å².